The van der Waals surface area contributed by atoms with Crippen molar-refractivity contribution in [3.63, 3.8) is 0 Å². The van der Waals surface area contributed by atoms with Crippen molar-refractivity contribution in [1.82, 2.24) is 9.78 Å². The van der Waals surface area contributed by atoms with Gasteiger partial charge in [0.2, 0.25) is 5.82 Å². The maximum atomic E-state index is 12.0. The van der Waals surface area contributed by atoms with Crippen LogP contribution in [0.4, 0.5) is 11.5 Å². The number of anilines is 1. The zero-order valence-electron chi connectivity index (χ0n) is 11.6. The molecule has 8 nitrogen and oxygen atoms in total. The van der Waals surface area contributed by atoms with Gasteiger partial charge in [0.15, 0.2) is 0 Å². The predicted octanol–water partition coefficient (Wildman–Crippen LogP) is 1.25. The Bertz CT molecular complexity index is 514. The van der Waals surface area contributed by atoms with Gasteiger partial charge in [-0.25, -0.2) is 4.79 Å². The number of aromatic nitrogens is 2. The van der Waals surface area contributed by atoms with Crippen molar-refractivity contribution in [3.8, 4) is 0 Å². The number of nitro groups is 1. The van der Waals surface area contributed by atoms with E-state index >= 15 is 0 Å². The molecule has 2 rings (SSSR count). The lowest BCUT2D eigenvalue weighted by atomic mass is 10.0. The Morgan fingerprint density at radius 3 is 3.00 bits per heavy atom. The summed E-state index contributed by atoms with van der Waals surface area (Å²) in [6.45, 7) is 2.61. The summed E-state index contributed by atoms with van der Waals surface area (Å²) in [6.07, 6.45) is 3.77. The fraction of sp³-hybridized carbons (Fsp3) is 0.667. The molecule has 0 bridgehead atoms. The second-order valence-corrected chi connectivity index (χ2v) is 4.73. The number of carbonyl (C=O) groups excluding carboxylic acids is 1. The molecule has 0 aliphatic carbocycles. The van der Waals surface area contributed by atoms with Gasteiger partial charge in [0.05, 0.1) is 11.5 Å². The molecule has 0 amide bonds. The van der Waals surface area contributed by atoms with Crippen LogP contribution in [0.2, 0.25) is 0 Å². The molecular weight excluding hydrogens is 264 g/mol. The van der Waals surface area contributed by atoms with E-state index in [1.807, 2.05) is 0 Å². The van der Waals surface area contributed by atoms with Gasteiger partial charge in [0, 0.05) is 13.6 Å². The van der Waals surface area contributed by atoms with Gasteiger partial charge in [-0.1, -0.05) is 0 Å². The first-order chi connectivity index (χ1) is 9.54. The number of hydrogen-bond donors (Lipinski definition) is 0. The minimum atomic E-state index is -0.489. The van der Waals surface area contributed by atoms with Gasteiger partial charge in [-0.3, -0.25) is 14.8 Å². The molecule has 0 spiro atoms. The lowest BCUT2D eigenvalue weighted by Gasteiger charge is -2.33. The topological polar surface area (TPSA) is 90.5 Å². The summed E-state index contributed by atoms with van der Waals surface area (Å²) in [5, 5.41) is 15.2. The van der Waals surface area contributed by atoms with Crippen LogP contribution in [0.1, 0.15) is 26.2 Å². The third-order valence-electron chi connectivity index (χ3n) is 3.32. The highest BCUT2D eigenvalue weighted by Gasteiger charge is 2.35. The highest BCUT2D eigenvalue weighted by atomic mass is 16.6. The van der Waals surface area contributed by atoms with Gasteiger partial charge in [0.25, 0.3) is 0 Å². The molecule has 1 fully saturated rings. The molecule has 110 valence electrons. The molecule has 0 N–H and O–H groups in total. The molecule has 1 aliphatic rings. The standard InChI is InChI=1S/C12H18N4O4/c1-3-20-12(17)9-6-4-5-7-15(9)11-10(16(18)19)8-14(2)13-11/h8-9H,3-7H2,1-2H3. The normalized spacial score (nSPS) is 18.9. The van der Waals surface area contributed by atoms with E-state index in [0.29, 0.717) is 19.6 Å². The van der Waals surface area contributed by atoms with Gasteiger partial charge in [0.1, 0.15) is 12.2 Å². The second-order valence-electron chi connectivity index (χ2n) is 4.73. The first kappa shape index (κ1) is 14.3. The third kappa shape index (κ3) is 2.73. The number of rotatable bonds is 4. The fourth-order valence-corrected chi connectivity index (χ4v) is 2.47. The number of nitrogens with zero attached hydrogens (tertiary/aromatic N) is 4. The van der Waals surface area contributed by atoms with E-state index < -0.39 is 11.0 Å². The molecule has 0 radical (unpaired) electrons. The maximum absolute atomic E-state index is 12.0. The quantitative estimate of drug-likeness (QED) is 0.469. The molecule has 0 saturated carbocycles. The Morgan fingerprint density at radius 1 is 1.60 bits per heavy atom. The van der Waals surface area contributed by atoms with Gasteiger partial charge < -0.3 is 9.64 Å². The molecular formula is C12H18N4O4. The van der Waals surface area contributed by atoms with E-state index in [2.05, 4.69) is 5.10 Å². The molecule has 1 unspecified atom stereocenters. The zero-order chi connectivity index (χ0) is 14.7. The number of aryl methyl sites for hydroxylation is 1. The number of esters is 1. The van der Waals surface area contributed by atoms with E-state index in [-0.39, 0.29) is 17.5 Å². The van der Waals surface area contributed by atoms with Crippen molar-refractivity contribution in [3.05, 3.63) is 16.3 Å². The lowest BCUT2D eigenvalue weighted by Crippen LogP contribution is -2.46. The van der Waals surface area contributed by atoms with Crippen LogP contribution in [0.15, 0.2) is 6.20 Å². The van der Waals surface area contributed by atoms with E-state index in [0.717, 1.165) is 12.8 Å². The van der Waals surface area contributed by atoms with E-state index in [4.69, 9.17) is 4.74 Å². The Balaban J connectivity index is 2.32. The van der Waals surface area contributed by atoms with Crippen LogP contribution in [0.5, 0.6) is 0 Å². The Hall–Kier alpha value is -2.12. The van der Waals surface area contributed by atoms with Gasteiger partial charge in [-0.15, -0.1) is 5.10 Å². The summed E-state index contributed by atoms with van der Waals surface area (Å²) in [7, 11) is 1.62. The summed E-state index contributed by atoms with van der Waals surface area (Å²) in [6, 6.07) is -0.489. The molecule has 20 heavy (non-hydrogen) atoms. The van der Waals surface area contributed by atoms with Gasteiger partial charge in [-0.05, 0) is 26.2 Å². The summed E-state index contributed by atoms with van der Waals surface area (Å²) in [5.41, 5.74) is -0.0799. The van der Waals surface area contributed by atoms with Crippen LogP contribution in [0, 0.1) is 10.1 Å². The van der Waals surface area contributed by atoms with Crippen LogP contribution in [0.3, 0.4) is 0 Å². The van der Waals surface area contributed by atoms with Crippen LogP contribution in [0.25, 0.3) is 0 Å². The Kier molecular flexibility index (Phi) is 4.21. The third-order valence-corrected chi connectivity index (χ3v) is 3.32. The van der Waals surface area contributed by atoms with E-state index in [1.165, 1.54) is 10.9 Å². The summed E-state index contributed by atoms with van der Waals surface area (Å²) >= 11 is 0. The van der Waals surface area contributed by atoms with Crippen molar-refractivity contribution in [2.45, 2.75) is 32.2 Å². The van der Waals surface area contributed by atoms with Crippen LogP contribution in [-0.2, 0) is 16.6 Å². The van der Waals surface area contributed by atoms with Gasteiger partial charge in [-0.2, -0.15) is 0 Å². The van der Waals surface area contributed by atoms with Crippen molar-refractivity contribution in [2.75, 3.05) is 18.1 Å². The van der Waals surface area contributed by atoms with Crippen LogP contribution >= 0.6 is 0 Å². The minimum Gasteiger partial charge on any atom is -0.464 e. The van der Waals surface area contributed by atoms with Crippen molar-refractivity contribution in [1.29, 1.82) is 0 Å². The number of hydrogen-bond acceptors (Lipinski definition) is 6. The average molecular weight is 282 g/mol. The fourth-order valence-electron chi connectivity index (χ4n) is 2.47. The number of carbonyl (C=O) groups is 1. The Labute approximate surface area is 116 Å². The number of ether oxygens (including phenoxy) is 1. The minimum absolute atomic E-state index is 0.0799. The first-order valence-electron chi connectivity index (χ1n) is 6.66. The summed E-state index contributed by atoms with van der Waals surface area (Å²) in [5.74, 6) is -0.0950. The molecule has 2 heterocycles. The van der Waals surface area contributed by atoms with Crippen LogP contribution in [-0.4, -0.2) is 39.9 Å². The van der Waals surface area contributed by atoms with Crippen LogP contribution < -0.4 is 4.90 Å². The maximum Gasteiger partial charge on any atom is 0.330 e. The smallest absolute Gasteiger partial charge is 0.330 e. The predicted molar refractivity (Wildman–Crippen MR) is 71.5 cm³/mol. The highest BCUT2D eigenvalue weighted by Crippen LogP contribution is 2.31. The van der Waals surface area contributed by atoms with Crippen molar-refractivity contribution >= 4 is 17.5 Å². The SMILES string of the molecule is CCOC(=O)C1CCCCN1c1nn(C)cc1[N+](=O)[O-]. The highest BCUT2D eigenvalue weighted by molar-refractivity contribution is 5.81. The van der Waals surface area contributed by atoms with E-state index in [1.54, 1.807) is 18.9 Å². The molecule has 8 heteroatoms. The summed E-state index contributed by atoms with van der Waals surface area (Å²) in [4.78, 5) is 24.3. The molecule has 1 aromatic heterocycles. The van der Waals surface area contributed by atoms with E-state index in [9.17, 15) is 14.9 Å². The molecule has 1 aliphatic heterocycles. The monoisotopic (exact) mass is 282 g/mol. The van der Waals surface area contributed by atoms with Crippen molar-refractivity contribution in [2.24, 2.45) is 7.05 Å². The van der Waals surface area contributed by atoms with Crippen molar-refractivity contribution < 1.29 is 14.5 Å². The molecule has 1 saturated heterocycles. The lowest BCUT2D eigenvalue weighted by molar-refractivity contribution is -0.384. The second kappa shape index (κ2) is 5.89. The zero-order valence-corrected chi connectivity index (χ0v) is 11.6. The van der Waals surface area contributed by atoms with Gasteiger partial charge >= 0.3 is 11.7 Å². The summed E-state index contributed by atoms with van der Waals surface area (Å²) < 4.78 is 6.45. The molecule has 1 aromatic rings. The molecule has 1 atom stereocenters. The number of piperidine rings is 1. The Morgan fingerprint density at radius 2 is 2.35 bits per heavy atom. The average Bonchev–Trinajstić information content (AvgIpc) is 2.81. The first-order valence-corrected chi connectivity index (χ1v) is 6.66. The molecule has 0 aromatic carbocycles. The largest absolute Gasteiger partial charge is 0.464 e.